The minimum Gasteiger partial charge on any atom is -0.361 e. The number of hydrogen-bond acceptors (Lipinski definition) is 5. The summed E-state index contributed by atoms with van der Waals surface area (Å²) in [5.74, 6) is 1.22. The highest BCUT2D eigenvalue weighted by Gasteiger charge is 2.41. The topological polar surface area (TPSA) is 67.4 Å². The molecule has 0 N–H and O–H groups in total. The fourth-order valence-corrected chi connectivity index (χ4v) is 4.73. The Morgan fingerprint density at radius 1 is 1.11 bits per heavy atom. The summed E-state index contributed by atoms with van der Waals surface area (Å²) in [7, 11) is 0. The lowest BCUT2D eigenvalue weighted by Crippen LogP contribution is -2.47. The number of rotatable bonds is 5. The van der Waals surface area contributed by atoms with E-state index >= 15 is 0 Å². The van der Waals surface area contributed by atoms with Crippen molar-refractivity contribution in [2.45, 2.75) is 64.7 Å². The van der Waals surface area contributed by atoms with Crippen molar-refractivity contribution in [1.29, 1.82) is 0 Å². The van der Waals surface area contributed by atoms with Crippen molar-refractivity contribution in [2.24, 2.45) is 5.92 Å². The lowest BCUT2D eigenvalue weighted by atomic mass is 9.93. The standard InChI is InChI=1S/C20H27N5O2/c1-13-19(14(2)27-22-13)11-24-17-4-3-15(20(24)26)8-23(9-17)10-18-7-21-12-25(18)16-5-6-16/h7,12,15-17H,3-6,8-11H2,1-2H3/t15-,17+/m1/s1. The van der Waals surface area contributed by atoms with Crippen LogP contribution in [0.1, 0.15) is 54.4 Å². The van der Waals surface area contributed by atoms with Crippen molar-refractivity contribution in [3.8, 4) is 0 Å². The van der Waals surface area contributed by atoms with E-state index in [0.29, 0.717) is 18.5 Å². The fourth-order valence-electron chi connectivity index (χ4n) is 4.73. The average Bonchev–Trinajstić information content (AvgIpc) is 3.38. The zero-order valence-corrected chi connectivity index (χ0v) is 16.1. The van der Waals surface area contributed by atoms with Gasteiger partial charge in [-0.2, -0.15) is 0 Å². The molecule has 3 aliphatic heterocycles. The number of piperidine rings is 1. The van der Waals surface area contributed by atoms with Gasteiger partial charge in [0, 0.05) is 43.5 Å². The maximum Gasteiger partial charge on any atom is 0.227 e. The van der Waals surface area contributed by atoms with Crippen LogP contribution in [0.25, 0.3) is 0 Å². The summed E-state index contributed by atoms with van der Waals surface area (Å²) in [5.41, 5.74) is 3.24. The van der Waals surface area contributed by atoms with Crippen LogP contribution in [-0.4, -0.2) is 49.5 Å². The van der Waals surface area contributed by atoms with Gasteiger partial charge in [0.1, 0.15) is 5.76 Å². The molecule has 1 amide bonds. The maximum absolute atomic E-state index is 13.1. The Hall–Kier alpha value is -2.15. The minimum atomic E-state index is 0.0986. The van der Waals surface area contributed by atoms with E-state index in [2.05, 4.69) is 24.5 Å². The summed E-state index contributed by atoms with van der Waals surface area (Å²) in [6.07, 6.45) is 8.57. The fraction of sp³-hybridized carbons (Fsp3) is 0.650. The van der Waals surface area contributed by atoms with Gasteiger partial charge in [0.25, 0.3) is 0 Å². The summed E-state index contributed by atoms with van der Waals surface area (Å²) in [6, 6.07) is 0.908. The summed E-state index contributed by atoms with van der Waals surface area (Å²) in [5, 5.41) is 4.06. The van der Waals surface area contributed by atoms with Gasteiger partial charge >= 0.3 is 0 Å². The average molecular weight is 369 g/mol. The first-order valence-corrected chi connectivity index (χ1v) is 10.1. The van der Waals surface area contributed by atoms with Crippen molar-refractivity contribution in [3.05, 3.63) is 35.2 Å². The van der Waals surface area contributed by atoms with E-state index in [9.17, 15) is 4.79 Å². The highest BCUT2D eigenvalue weighted by atomic mass is 16.5. The first-order chi connectivity index (χ1) is 13.1. The molecule has 1 saturated carbocycles. The molecule has 0 unspecified atom stereocenters. The first-order valence-electron chi connectivity index (χ1n) is 10.1. The molecule has 7 nitrogen and oxygen atoms in total. The predicted molar refractivity (Wildman–Crippen MR) is 98.8 cm³/mol. The van der Waals surface area contributed by atoms with E-state index < -0.39 is 0 Å². The molecule has 2 bridgehead atoms. The molecule has 4 fully saturated rings. The van der Waals surface area contributed by atoms with Crippen molar-refractivity contribution in [3.63, 3.8) is 0 Å². The van der Waals surface area contributed by atoms with Crippen molar-refractivity contribution in [1.82, 2.24) is 24.5 Å². The Kier molecular flexibility index (Phi) is 4.07. The molecule has 2 atom stereocenters. The molecule has 27 heavy (non-hydrogen) atoms. The summed E-state index contributed by atoms with van der Waals surface area (Å²) in [6.45, 7) is 7.18. The Morgan fingerprint density at radius 3 is 2.67 bits per heavy atom. The van der Waals surface area contributed by atoms with Crippen LogP contribution in [0.3, 0.4) is 0 Å². The van der Waals surface area contributed by atoms with Gasteiger partial charge < -0.3 is 14.0 Å². The zero-order chi connectivity index (χ0) is 18.5. The monoisotopic (exact) mass is 369 g/mol. The van der Waals surface area contributed by atoms with Gasteiger partial charge in [0.05, 0.1) is 30.2 Å². The predicted octanol–water partition coefficient (Wildman–Crippen LogP) is 2.45. The van der Waals surface area contributed by atoms with Crippen molar-refractivity contribution >= 4 is 5.91 Å². The second kappa shape index (κ2) is 6.48. The van der Waals surface area contributed by atoms with Crippen LogP contribution in [0.4, 0.5) is 0 Å². The Balaban J connectivity index is 1.34. The number of hydrogen-bond donors (Lipinski definition) is 0. The van der Waals surface area contributed by atoms with E-state index in [-0.39, 0.29) is 12.0 Å². The van der Waals surface area contributed by atoms with Crippen molar-refractivity contribution in [2.75, 3.05) is 13.1 Å². The van der Waals surface area contributed by atoms with Crippen LogP contribution >= 0.6 is 0 Å². The van der Waals surface area contributed by atoms with E-state index in [1.54, 1.807) is 0 Å². The van der Waals surface area contributed by atoms with Gasteiger partial charge in [-0.25, -0.2) is 4.98 Å². The molecular weight excluding hydrogens is 342 g/mol. The maximum atomic E-state index is 13.1. The Morgan fingerprint density at radius 2 is 1.93 bits per heavy atom. The number of aryl methyl sites for hydroxylation is 2. The van der Waals surface area contributed by atoms with Gasteiger partial charge in [-0.05, 0) is 39.5 Å². The van der Waals surface area contributed by atoms with E-state index in [0.717, 1.165) is 49.5 Å². The molecule has 5 heterocycles. The number of nitrogens with zero attached hydrogens (tertiary/aromatic N) is 5. The number of amides is 1. The van der Waals surface area contributed by atoms with Gasteiger partial charge in [0.2, 0.25) is 5.91 Å². The molecule has 0 spiro atoms. The van der Waals surface area contributed by atoms with Gasteiger partial charge in [-0.15, -0.1) is 0 Å². The van der Waals surface area contributed by atoms with Crippen LogP contribution in [-0.2, 0) is 17.9 Å². The number of fused-ring (bicyclic) bond motifs is 4. The van der Waals surface area contributed by atoms with Crippen LogP contribution in [0.5, 0.6) is 0 Å². The van der Waals surface area contributed by atoms with Gasteiger partial charge in [-0.3, -0.25) is 9.69 Å². The van der Waals surface area contributed by atoms with E-state index in [1.165, 1.54) is 18.5 Å². The Bertz CT molecular complexity index is 833. The minimum absolute atomic E-state index is 0.0986. The molecule has 3 saturated heterocycles. The van der Waals surface area contributed by atoms with Gasteiger partial charge in [0.15, 0.2) is 0 Å². The summed E-state index contributed by atoms with van der Waals surface area (Å²) < 4.78 is 7.64. The van der Waals surface area contributed by atoms with Crippen molar-refractivity contribution < 1.29 is 9.32 Å². The number of carbonyl (C=O) groups excluding carboxylic acids is 1. The van der Waals surface area contributed by atoms with E-state index in [1.807, 2.05) is 26.4 Å². The highest BCUT2D eigenvalue weighted by Crippen LogP contribution is 2.36. The number of imidazole rings is 1. The Labute approximate surface area is 159 Å². The smallest absolute Gasteiger partial charge is 0.227 e. The molecule has 6 rings (SSSR count). The quantitative estimate of drug-likeness (QED) is 0.810. The third-order valence-electron chi connectivity index (χ3n) is 6.45. The van der Waals surface area contributed by atoms with E-state index in [4.69, 9.17) is 4.52 Å². The van der Waals surface area contributed by atoms with Crippen LogP contribution in [0.2, 0.25) is 0 Å². The largest absolute Gasteiger partial charge is 0.361 e. The molecule has 0 radical (unpaired) electrons. The number of carbonyl (C=O) groups is 1. The van der Waals surface area contributed by atoms with Crippen LogP contribution in [0, 0.1) is 19.8 Å². The SMILES string of the molecule is Cc1noc(C)c1CN1C(=O)[C@@H]2CC[C@H]1CN(Cc1cncn1C1CC1)C2. The molecular formula is C20H27N5O2. The highest BCUT2D eigenvalue weighted by molar-refractivity contribution is 5.80. The first kappa shape index (κ1) is 17.0. The molecule has 1 aliphatic carbocycles. The summed E-state index contributed by atoms with van der Waals surface area (Å²) >= 11 is 0. The number of aromatic nitrogens is 3. The molecule has 144 valence electrons. The third-order valence-corrected chi connectivity index (χ3v) is 6.45. The normalized spacial score (nSPS) is 26.0. The lowest BCUT2D eigenvalue weighted by Gasteiger charge is -2.36. The molecule has 2 aromatic heterocycles. The molecule has 0 aromatic carbocycles. The van der Waals surface area contributed by atoms with Crippen LogP contribution < -0.4 is 0 Å². The molecule has 4 aliphatic rings. The second-order valence-electron chi connectivity index (χ2n) is 8.41. The molecule has 2 aromatic rings. The zero-order valence-electron chi connectivity index (χ0n) is 16.1. The third kappa shape index (κ3) is 3.08. The van der Waals surface area contributed by atoms with Gasteiger partial charge in [-0.1, -0.05) is 5.16 Å². The molecule has 7 heteroatoms. The second-order valence-corrected chi connectivity index (χ2v) is 8.41. The summed E-state index contributed by atoms with van der Waals surface area (Å²) in [4.78, 5) is 22.0. The lowest BCUT2D eigenvalue weighted by molar-refractivity contribution is -0.140. The van der Waals surface area contributed by atoms with Crippen LogP contribution in [0.15, 0.2) is 17.0 Å².